The van der Waals surface area contributed by atoms with Crippen molar-refractivity contribution in [3.05, 3.63) is 85.1 Å². The Hall–Kier alpha value is -3.49. The maximum Gasteiger partial charge on any atom is 0.306 e. The maximum atomic E-state index is 12.8. The van der Waals surface area contributed by atoms with Gasteiger partial charge in [0, 0.05) is 19.3 Å². The molecule has 0 rings (SSSR count). The Kier molecular flexibility index (Phi) is 48.3. The number of quaternary nitrogens is 1. The highest BCUT2D eigenvalue weighted by Gasteiger charge is 2.25. The Morgan fingerprint density at radius 2 is 0.812 bits per heavy atom. The van der Waals surface area contributed by atoms with Crippen molar-refractivity contribution in [2.45, 2.75) is 244 Å². The van der Waals surface area contributed by atoms with E-state index in [1.807, 2.05) is 0 Å². The van der Waals surface area contributed by atoms with Crippen LogP contribution in [0, 0.1) is 0 Å². The lowest BCUT2D eigenvalue weighted by molar-refractivity contribution is -0.889. The fourth-order valence-electron chi connectivity index (χ4n) is 7.95. The van der Waals surface area contributed by atoms with E-state index in [1.165, 1.54) is 116 Å². The van der Waals surface area contributed by atoms with Gasteiger partial charge < -0.3 is 28.6 Å². The molecule has 0 saturated heterocycles. The molecule has 0 spiro atoms. The zero-order valence-corrected chi connectivity index (χ0v) is 45.2. The predicted octanol–water partition coefficient (Wildman–Crippen LogP) is 15.5. The lowest BCUT2D eigenvalue weighted by Gasteiger charge is -2.34. The molecular weight excluding hydrogens is 859 g/mol. The van der Waals surface area contributed by atoms with Crippen molar-refractivity contribution < 1.29 is 38.2 Å². The van der Waals surface area contributed by atoms with E-state index in [1.54, 1.807) is 21.1 Å². The summed E-state index contributed by atoms with van der Waals surface area (Å²) in [5.41, 5.74) is 0. The summed E-state index contributed by atoms with van der Waals surface area (Å²) in [6, 6.07) is -0.737. The lowest BCUT2D eigenvalue weighted by Crippen LogP contribution is -2.55. The van der Waals surface area contributed by atoms with Crippen molar-refractivity contribution >= 4 is 17.9 Å². The minimum Gasteiger partial charge on any atom is -0.544 e. The van der Waals surface area contributed by atoms with Crippen molar-refractivity contribution in [1.82, 2.24) is 0 Å². The zero-order valence-electron chi connectivity index (χ0n) is 45.2. The lowest BCUT2D eigenvalue weighted by atomic mass is 10.0. The molecule has 0 aromatic carbocycles. The number of hydrogen-bond acceptors (Lipinski definition) is 7. The van der Waals surface area contributed by atoms with Crippen LogP contribution in [0.2, 0.25) is 0 Å². The first-order valence-electron chi connectivity index (χ1n) is 28.1. The number of likely N-dealkylation sites (N-methyl/N-ethyl adjacent to an activating group) is 1. The number of esters is 2. The Morgan fingerprint density at radius 3 is 1.23 bits per heavy atom. The molecule has 8 heteroatoms. The number of carboxylic acids is 1. The van der Waals surface area contributed by atoms with E-state index in [-0.39, 0.29) is 42.7 Å². The molecule has 2 atom stereocenters. The molecule has 0 aliphatic carbocycles. The fraction of sp³-hybridized carbons (Fsp3) is 0.721. The average Bonchev–Trinajstić information content (AvgIpc) is 3.31. The van der Waals surface area contributed by atoms with Gasteiger partial charge in [-0.1, -0.05) is 208 Å². The van der Waals surface area contributed by atoms with Gasteiger partial charge in [0.05, 0.1) is 40.3 Å². The summed E-state index contributed by atoms with van der Waals surface area (Å²) in [6.45, 7) is 4.53. The second-order valence-electron chi connectivity index (χ2n) is 19.8. The molecule has 0 aliphatic heterocycles. The smallest absolute Gasteiger partial charge is 0.306 e. The molecule has 0 aliphatic rings. The number of rotatable bonds is 50. The number of hydrogen-bond donors (Lipinski definition) is 0. The van der Waals surface area contributed by atoms with Gasteiger partial charge in [-0.2, -0.15) is 0 Å². The van der Waals surface area contributed by atoms with Crippen LogP contribution in [0.3, 0.4) is 0 Å². The van der Waals surface area contributed by atoms with Gasteiger partial charge in [-0.25, -0.2) is 0 Å². The molecule has 0 amide bonds. The summed E-state index contributed by atoms with van der Waals surface area (Å²) in [7, 11) is 5.40. The third kappa shape index (κ3) is 49.3. The van der Waals surface area contributed by atoms with Gasteiger partial charge in [-0.3, -0.25) is 9.59 Å². The number of unbranched alkanes of at least 4 members (excludes halogenated alkanes) is 22. The molecular formula is C61H105NO7. The summed E-state index contributed by atoms with van der Waals surface area (Å²) in [5, 5.41) is 11.7. The van der Waals surface area contributed by atoms with Crippen LogP contribution >= 0.6 is 0 Å². The summed E-state index contributed by atoms with van der Waals surface area (Å²) in [5.74, 6) is -1.78. The standard InChI is InChI=1S/C61H105NO7/c1-6-8-10-12-14-16-18-20-22-24-26-28-30-32-34-36-38-40-42-44-46-48-50-52-60(64)69-57(55-67-54-53-58(61(65)66)62(3,4)5)56-68-59(63)51-49-47-45-43-41-39-37-35-33-31-29-27-25-23-21-19-17-15-13-11-9-7-2/h9,11,15,17,21,23,27,29,32-35,39,41,57-58H,6-8,10,12-14,16,18-20,22,24-26,28,30-31,36-38,40,42-56H2,1-5H3/b11-9+,17-15+,23-21+,29-27+,34-32+,35-33+,41-39+. The van der Waals surface area contributed by atoms with Gasteiger partial charge in [0.2, 0.25) is 0 Å². The fourth-order valence-corrected chi connectivity index (χ4v) is 7.95. The minimum absolute atomic E-state index is 0.0243. The molecule has 0 heterocycles. The Bertz CT molecular complexity index is 1400. The summed E-state index contributed by atoms with van der Waals surface area (Å²) in [6.07, 6.45) is 67.7. The van der Waals surface area contributed by atoms with Crippen molar-refractivity contribution in [3.63, 3.8) is 0 Å². The third-order valence-electron chi connectivity index (χ3n) is 12.3. The molecule has 69 heavy (non-hydrogen) atoms. The molecule has 0 saturated carbocycles. The minimum atomic E-state index is -1.13. The Morgan fingerprint density at radius 1 is 0.449 bits per heavy atom. The van der Waals surface area contributed by atoms with Gasteiger partial charge in [0.15, 0.2) is 6.10 Å². The van der Waals surface area contributed by atoms with Crippen molar-refractivity contribution in [2.75, 3.05) is 41.0 Å². The highest BCUT2D eigenvalue weighted by Crippen LogP contribution is 2.15. The average molecular weight is 965 g/mol. The van der Waals surface area contributed by atoms with Gasteiger partial charge in [-0.05, 0) is 89.9 Å². The topological polar surface area (TPSA) is 102 Å². The molecule has 0 radical (unpaired) electrons. The SMILES string of the molecule is CC/C=C/C/C=C/C/C=C/C/C=C/C/C=C/C/C=C/CCCCCC(=O)OCC(COCCC(C(=O)[O-])[N+](C)(C)C)OC(=O)CCCCCCCCC/C=C/CCCCCCCCCCCCCC. The molecule has 0 N–H and O–H groups in total. The number of allylic oxidation sites excluding steroid dienone is 14. The molecule has 0 aromatic rings. The van der Waals surface area contributed by atoms with E-state index < -0.39 is 18.1 Å². The van der Waals surface area contributed by atoms with Gasteiger partial charge >= 0.3 is 11.9 Å². The van der Waals surface area contributed by atoms with Crippen LogP contribution in [0.4, 0.5) is 0 Å². The first kappa shape index (κ1) is 65.5. The quantitative estimate of drug-likeness (QED) is 0.0259. The second-order valence-corrected chi connectivity index (χ2v) is 19.8. The van der Waals surface area contributed by atoms with E-state index in [0.29, 0.717) is 12.8 Å². The first-order chi connectivity index (χ1) is 33.6. The number of carboxylic acid groups (broad SMARTS) is 1. The summed E-state index contributed by atoms with van der Waals surface area (Å²) >= 11 is 0. The van der Waals surface area contributed by atoms with E-state index in [2.05, 4.69) is 98.9 Å². The first-order valence-corrected chi connectivity index (χ1v) is 28.1. The van der Waals surface area contributed by atoms with E-state index in [9.17, 15) is 19.5 Å². The van der Waals surface area contributed by atoms with Crippen LogP contribution in [0.1, 0.15) is 232 Å². The van der Waals surface area contributed by atoms with Gasteiger partial charge in [-0.15, -0.1) is 0 Å². The number of carbonyl (C=O) groups is 3. The normalized spacial score (nSPS) is 13.5. The third-order valence-corrected chi connectivity index (χ3v) is 12.3. The van der Waals surface area contributed by atoms with Crippen molar-refractivity contribution in [1.29, 1.82) is 0 Å². The van der Waals surface area contributed by atoms with Crippen LogP contribution in [-0.4, -0.2) is 75.5 Å². The maximum absolute atomic E-state index is 12.8. The van der Waals surface area contributed by atoms with E-state index >= 15 is 0 Å². The largest absolute Gasteiger partial charge is 0.544 e. The van der Waals surface area contributed by atoms with Crippen LogP contribution < -0.4 is 5.11 Å². The van der Waals surface area contributed by atoms with Crippen LogP contribution in [0.25, 0.3) is 0 Å². The van der Waals surface area contributed by atoms with Crippen molar-refractivity contribution in [2.24, 2.45) is 0 Å². The van der Waals surface area contributed by atoms with E-state index in [0.717, 1.165) is 83.5 Å². The second kappa shape index (κ2) is 50.9. The van der Waals surface area contributed by atoms with Gasteiger partial charge in [0.25, 0.3) is 0 Å². The molecule has 0 bridgehead atoms. The molecule has 0 fully saturated rings. The van der Waals surface area contributed by atoms with Gasteiger partial charge in [0.1, 0.15) is 12.6 Å². The Balaban J connectivity index is 4.27. The summed E-state index contributed by atoms with van der Waals surface area (Å²) < 4.78 is 17.2. The molecule has 0 aromatic heterocycles. The Labute approximate surface area is 424 Å². The number of ether oxygens (including phenoxy) is 3. The van der Waals surface area contributed by atoms with Crippen LogP contribution in [0.15, 0.2) is 85.1 Å². The molecule has 2 unspecified atom stereocenters. The summed E-state index contributed by atoms with van der Waals surface area (Å²) in [4.78, 5) is 37.1. The highest BCUT2D eigenvalue weighted by atomic mass is 16.6. The predicted molar refractivity (Wildman–Crippen MR) is 291 cm³/mol. The van der Waals surface area contributed by atoms with Crippen molar-refractivity contribution in [3.8, 4) is 0 Å². The monoisotopic (exact) mass is 964 g/mol. The number of carbonyl (C=O) groups excluding carboxylic acids is 3. The number of nitrogens with zero attached hydrogens (tertiary/aromatic N) is 1. The number of aliphatic carboxylic acids is 1. The van der Waals surface area contributed by atoms with Crippen LogP contribution in [0.5, 0.6) is 0 Å². The highest BCUT2D eigenvalue weighted by molar-refractivity contribution is 5.70. The van der Waals surface area contributed by atoms with Crippen LogP contribution in [-0.2, 0) is 28.6 Å². The molecule has 396 valence electrons. The zero-order chi connectivity index (χ0) is 50.6. The van der Waals surface area contributed by atoms with E-state index in [4.69, 9.17) is 14.2 Å². The molecule has 8 nitrogen and oxygen atoms in total.